The average molecular weight is 432 g/mol. The Balaban J connectivity index is 0.00000264. The molecule has 1 aromatic carbocycles. The summed E-state index contributed by atoms with van der Waals surface area (Å²) in [4.78, 5) is 6.80. The lowest BCUT2D eigenvalue weighted by Gasteiger charge is -2.29. The van der Waals surface area contributed by atoms with Crippen molar-refractivity contribution < 1.29 is 4.74 Å². The van der Waals surface area contributed by atoms with E-state index in [0.29, 0.717) is 6.04 Å². The number of rotatable bonds is 6. The quantitative estimate of drug-likeness (QED) is 0.412. The lowest BCUT2D eigenvalue weighted by Crippen LogP contribution is -2.42. The lowest BCUT2D eigenvalue weighted by atomic mass is 10.1. The van der Waals surface area contributed by atoms with Gasteiger partial charge in [0.25, 0.3) is 0 Å². The van der Waals surface area contributed by atoms with Crippen LogP contribution in [-0.4, -0.2) is 51.2 Å². The molecule has 1 unspecified atom stereocenters. The molecule has 0 spiro atoms. The first-order valence-electron chi connectivity index (χ1n) is 8.11. The third-order valence-electron chi connectivity index (χ3n) is 4.09. The summed E-state index contributed by atoms with van der Waals surface area (Å²) in [5.74, 6) is 1.77. The maximum Gasteiger partial charge on any atom is 0.191 e. The number of likely N-dealkylation sites (tertiary alicyclic amines) is 1. The van der Waals surface area contributed by atoms with Crippen LogP contribution in [0.25, 0.3) is 0 Å². The molecule has 6 heteroatoms. The van der Waals surface area contributed by atoms with Gasteiger partial charge in [0.2, 0.25) is 0 Å². The predicted octanol–water partition coefficient (Wildman–Crippen LogP) is 2.64. The molecule has 0 amide bonds. The highest BCUT2D eigenvalue weighted by molar-refractivity contribution is 14.0. The maximum atomic E-state index is 5.38. The standard InChI is InChI=1S/C17H28N4O.HI/c1-4-19-17(18-2)20-13-16(21-10-5-6-11-21)14-8-7-9-15(12-14)22-3;/h7-9,12,16H,4-6,10-11,13H2,1-3H3,(H2,18,19,20);1H. The first-order chi connectivity index (χ1) is 10.8. The van der Waals surface area contributed by atoms with Crippen LogP contribution in [0.5, 0.6) is 5.75 Å². The van der Waals surface area contributed by atoms with Crippen LogP contribution in [0.2, 0.25) is 0 Å². The second-order valence-corrected chi connectivity index (χ2v) is 5.52. The fourth-order valence-electron chi connectivity index (χ4n) is 2.94. The van der Waals surface area contributed by atoms with Crippen molar-refractivity contribution in [3.63, 3.8) is 0 Å². The molecule has 1 fully saturated rings. The fourth-order valence-corrected chi connectivity index (χ4v) is 2.94. The van der Waals surface area contributed by atoms with E-state index in [1.54, 1.807) is 14.2 Å². The Morgan fingerprint density at radius 3 is 2.65 bits per heavy atom. The molecule has 0 aliphatic carbocycles. The minimum atomic E-state index is 0. The first-order valence-corrected chi connectivity index (χ1v) is 8.11. The summed E-state index contributed by atoms with van der Waals surface area (Å²) in [5.41, 5.74) is 1.29. The maximum absolute atomic E-state index is 5.38. The van der Waals surface area contributed by atoms with Crippen molar-refractivity contribution in [3.05, 3.63) is 29.8 Å². The summed E-state index contributed by atoms with van der Waals surface area (Å²) in [5, 5.41) is 6.69. The van der Waals surface area contributed by atoms with E-state index in [1.165, 1.54) is 18.4 Å². The van der Waals surface area contributed by atoms with E-state index in [1.807, 2.05) is 6.07 Å². The summed E-state index contributed by atoms with van der Waals surface area (Å²) in [6.45, 7) is 6.10. The Bertz CT molecular complexity index is 489. The topological polar surface area (TPSA) is 48.9 Å². The number of aliphatic imine (C=N–C) groups is 1. The number of nitrogens with one attached hydrogen (secondary N) is 2. The van der Waals surface area contributed by atoms with Crippen LogP contribution < -0.4 is 15.4 Å². The van der Waals surface area contributed by atoms with Crippen molar-refractivity contribution in [1.29, 1.82) is 0 Å². The number of guanidine groups is 1. The molecule has 1 aromatic rings. The van der Waals surface area contributed by atoms with Gasteiger partial charge in [-0.25, -0.2) is 0 Å². The van der Waals surface area contributed by atoms with Gasteiger partial charge in [-0.3, -0.25) is 9.89 Å². The molecule has 1 heterocycles. The first kappa shape index (κ1) is 20.0. The predicted molar refractivity (Wildman–Crippen MR) is 107 cm³/mol. The van der Waals surface area contributed by atoms with Crippen LogP contribution in [-0.2, 0) is 0 Å². The molecule has 1 aliphatic rings. The summed E-state index contributed by atoms with van der Waals surface area (Å²) in [7, 11) is 3.52. The van der Waals surface area contributed by atoms with Gasteiger partial charge in [-0.05, 0) is 50.6 Å². The second kappa shape index (κ2) is 10.7. The number of ether oxygens (including phenoxy) is 1. The van der Waals surface area contributed by atoms with Gasteiger partial charge in [-0.15, -0.1) is 24.0 Å². The van der Waals surface area contributed by atoms with E-state index in [2.05, 4.69) is 45.6 Å². The smallest absolute Gasteiger partial charge is 0.191 e. The number of hydrogen-bond donors (Lipinski definition) is 2. The van der Waals surface area contributed by atoms with Gasteiger partial charge in [0.15, 0.2) is 5.96 Å². The third-order valence-corrected chi connectivity index (χ3v) is 4.09. The Labute approximate surface area is 156 Å². The highest BCUT2D eigenvalue weighted by Crippen LogP contribution is 2.27. The largest absolute Gasteiger partial charge is 0.497 e. The molecule has 0 saturated carbocycles. The number of halogens is 1. The molecular formula is C17H29IN4O. The summed E-state index contributed by atoms with van der Waals surface area (Å²) in [6.07, 6.45) is 2.56. The van der Waals surface area contributed by atoms with Crippen molar-refractivity contribution in [2.24, 2.45) is 4.99 Å². The lowest BCUT2D eigenvalue weighted by molar-refractivity contribution is 0.245. The third kappa shape index (κ3) is 5.84. The molecule has 1 atom stereocenters. The minimum absolute atomic E-state index is 0. The van der Waals surface area contributed by atoms with E-state index >= 15 is 0 Å². The molecule has 5 nitrogen and oxygen atoms in total. The molecule has 130 valence electrons. The normalized spacial score (nSPS) is 16.6. The molecule has 1 aliphatic heterocycles. The Morgan fingerprint density at radius 2 is 2.04 bits per heavy atom. The van der Waals surface area contributed by atoms with E-state index in [-0.39, 0.29) is 24.0 Å². The summed E-state index contributed by atoms with van der Waals surface area (Å²) >= 11 is 0. The molecule has 2 rings (SSSR count). The fraction of sp³-hybridized carbons (Fsp3) is 0.588. The minimum Gasteiger partial charge on any atom is -0.497 e. The zero-order valence-electron chi connectivity index (χ0n) is 14.3. The molecule has 1 saturated heterocycles. The highest BCUT2D eigenvalue weighted by Gasteiger charge is 2.23. The summed E-state index contributed by atoms with van der Waals surface area (Å²) in [6, 6.07) is 8.73. The van der Waals surface area contributed by atoms with Crippen LogP contribution in [0.3, 0.4) is 0 Å². The van der Waals surface area contributed by atoms with Gasteiger partial charge in [0, 0.05) is 20.1 Å². The van der Waals surface area contributed by atoms with Gasteiger partial charge < -0.3 is 15.4 Å². The van der Waals surface area contributed by atoms with Gasteiger partial charge >= 0.3 is 0 Å². The van der Waals surface area contributed by atoms with Crippen molar-refractivity contribution in [1.82, 2.24) is 15.5 Å². The van der Waals surface area contributed by atoms with E-state index in [9.17, 15) is 0 Å². The van der Waals surface area contributed by atoms with Gasteiger partial charge in [-0.1, -0.05) is 12.1 Å². The number of benzene rings is 1. The van der Waals surface area contributed by atoms with Crippen molar-refractivity contribution in [2.75, 3.05) is 40.3 Å². The SMILES string of the molecule is CCNC(=NC)NCC(c1cccc(OC)c1)N1CCCC1.I. The molecule has 23 heavy (non-hydrogen) atoms. The monoisotopic (exact) mass is 432 g/mol. The number of hydrogen-bond acceptors (Lipinski definition) is 3. The zero-order valence-corrected chi connectivity index (χ0v) is 16.7. The van der Waals surface area contributed by atoms with Crippen LogP contribution in [0.1, 0.15) is 31.4 Å². The van der Waals surface area contributed by atoms with Crippen molar-refractivity contribution in [3.8, 4) is 5.75 Å². The van der Waals surface area contributed by atoms with Gasteiger partial charge in [0.1, 0.15) is 5.75 Å². The van der Waals surface area contributed by atoms with Crippen molar-refractivity contribution >= 4 is 29.9 Å². The Morgan fingerprint density at radius 1 is 1.30 bits per heavy atom. The average Bonchev–Trinajstić information content (AvgIpc) is 3.08. The van der Waals surface area contributed by atoms with Crippen molar-refractivity contribution in [2.45, 2.75) is 25.8 Å². The van der Waals surface area contributed by atoms with E-state index < -0.39 is 0 Å². The van der Waals surface area contributed by atoms with Crippen LogP contribution in [0, 0.1) is 0 Å². The van der Waals surface area contributed by atoms with Crippen LogP contribution in [0.4, 0.5) is 0 Å². The molecule has 2 N–H and O–H groups in total. The zero-order chi connectivity index (χ0) is 15.8. The Kier molecular flexibility index (Phi) is 9.31. The highest BCUT2D eigenvalue weighted by atomic mass is 127. The Hall–Kier alpha value is -1.02. The molecule has 0 aromatic heterocycles. The molecule has 0 bridgehead atoms. The van der Waals surface area contributed by atoms with Crippen LogP contribution in [0.15, 0.2) is 29.3 Å². The molecule has 0 radical (unpaired) electrons. The van der Waals surface area contributed by atoms with Gasteiger partial charge in [-0.2, -0.15) is 0 Å². The molecular weight excluding hydrogens is 403 g/mol. The van der Waals surface area contributed by atoms with E-state index in [4.69, 9.17) is 4.74 Å². The summed E-state index contributed by atoms with van der Waals surface area (Å²) < 4.78 is 5.38. The van der Waals surface area contributed by atoms with Crippen LogP contribution >= 0.6 is 24.0 Å². The second-order valence-electron chi connectivity index (χ2n) is 5.52. The number of nitrogens with zero attached hydrogens (tertiary/aromatic N) is 2. The van der Waals surface area contributed by atoms with E-state index in [0.717, 1.165) is 37.9 Å². The number of methoxy groups -OCH3 is 1. The van der Waals surface area contributed by atoms with Gasteiger partial charge in [0.05, 0.1) is 13.2 Å².